The van der Waals surface area contributed by atoms with E-state index in [0.29, 0.717) is 5.15 Å². The molecule has 1 heterocycles. The molecule has 1 rings (SSSR count). The van der Waals surface area contributed by atoms with Crippen LogP contribution >= 0.6 is 11.6 Å². The van der Waals surface area contributed by atoms with Gasteiger partial charge in [0.1, 0.15) is 5.15 Å². The fourth-order valence-corrected chi connectivity index (χ4v) is 1.51. The summed E-state index contributed by atoms with van der Waals surface area (Å²) in [7, 11) is 0. The fraction of sp³-hybridized carbons (Fsp3) is 0.500. The molecule has 1 aromatic heterocycles. The van der Waals surface area contributed by atoms with Gasteiger partial charge in [0.15, 0.2) is 0 Å². The Bertz CT molecular complexity index is 286. The van der Waals surface area contributed by atoms with Crippen LogP contribution in [-0.2, 0) is 5.41 Å². The predicted molar refractivity (Wildman–Crippen MR) is 52.7 cm³/mol. The summed E-state index contributed by atoms with van der Waals surface area (Å²) in [6.45, 7) is 8.51. The van der Waals surface area contributed by atoms with Crippen LogP contribution < -0.4 is 0 Å². The number of pyridine rings is 1. The van der Waals surface area contributed by atoms with Crippen LogP contribution in [0.2, 0.25) is 5.15 Å². The third-order valence-electron chi connectivity index (χ3n) is 1.86. The zero-order valence-electron chi connectivity index (χ0n) is 7.98. The molecular weight excluding hydrogens is 170 g/mol. The van der Waals surface area contributed by atoms with E-state index in [9.17, 15) is 0 Å². The third-order valence-corrected chi connectivity index (χ3v) is 2.07. The van der Waals surface area contributed by atoms with Crippen molar-refractivity contribution >= 4 is 11.6 Å². The van der Waals surface area contributed by atoms with Gasteiger partial charge < -0.3 is 0 Å². The van der Waals surface area contributed by atoms with Gasteiger partial charge in [-0.2, -0.15) is 0 Å². The van der Waals surface area contributed by atoms with Gasteiger partial charge in [0, 0.05) is 5.69 Å². The highest BCUT2D eigenvalue weighted by Gasteiger charge is 2.16. The number of hydrogen-bond acceptors (Lipinski definition) is 1. The van der Waals surface area contributed by atoms with Crippen LogP contribution in [0.3, 0.4) is 0 Å². The van der Waals surface area contributed by atoms with E-state index in [0.717, 1.165) is 5.69 Å². The van der Waals surface area contributed by atoms with Gasteiger partial charge in [0.05, 0.1) is 0 Å². The Balaban J connectivity index is 3.19. The molecule has 0 aromatic carbocycles. The van der Waals surface area contributed by atoms with Crippen molar-refractivity contribution in [2.24, 2.45) is 0 Å². The molecule has 0 saturated heterocycles. The van der Waals surface area contributed by atoms with Crippen molar-refractivity contribution in [3.63, 3.8) is 0 Å². The summed E-state index contributed by atoms with van der Waals surface area (Å²) < 4.78 is 0. The van der Waals surface area contributed by atoms with Crippen molar-refractivity contribution in [1.29, 1.82) is 0 Å². The number of aromatic nitrogens is 1. The van der Waals surface area contributed by atoms with E-state index >= 15 is 0 Å². The number of halogens is 1. The second-order valence-corrected chi connectivity index (χ2v) is 4.40. The van der Waals surface area contributed by atoms with Crippen LogP contribution in [0.25, 0.3) is 0 Å². The predicted octanol–water partition coefficient (Wildman–Crippen LogP) is 3.34. The first-order valence-electron chi connectivity index (χ1n) is 4.05. The molecule has 0 bridgehead atoms. The number of rotatable bonds is 0. The highest BCUT2D eigenvalue weighted by Crippen LogP contribution is 2.25. The van der Waals surface area contributed by atoms with E-state index in [1.165, 1.54) is 5.56 Å². The summed E-state index contributed by atoms with van der Waals surface area (Å²) in [5.41, 5.74) is 2.43. The van der Waals surface area contributed by atoms with Gasteiger partial charge in [-0.05, 0) is 24.0 Å². The van der Waals surface area contributed by atoms with Crippen LogP contribution in [0, 0.1) is 6.92 Å². The van der Waals surface area contributed by atoms with E-state index in [4.69, 9.17) is 11.6 Å². The van der Waals surface area contributed by atoms with E-state index in [2.05, 4.69) is 25.8 Å². The highest BCUT2D eigenvalue weighted by atomic mass is 35.5. The minimum absolute atomic E-state index is 0.154. The Morgan fingerprint density at radius 2 is 1.83 bits per heavy atom. The Morgan fingerprint density at radius 1 is 1.25 bits per heavy atom. The average Bonchev–Trinajstić information content (AvgIpc) is 1.83. The second-order valence-electron chi connectivity index (χ2n) is 4.02. The molecule has 1 aromatic rings. The molecule has 66 valence electrons. The summed E-state index contributed by atoms with van der Waals surface area (Å²) in [5.74, 6) is 0. The summed E-state index contributed by atoms with van der Waals surface area (Å²) in [6, 6.07) is 3.89. The van der Waals surface area contributed by atoms with Crippen molar-refractivity contribution in [3.8, 4) is 0 Å². The Labute approximate surface area is 78.8 Å². The van der Waals surface area contributed by atoms with E-state index in [-0.39, 0.29) is 5.41 Å². The van der Waals surface area contributed by atoms with Gasteiger partial charge in [-0.15, -0.1) is 0 Å². The van der Waals surface area contributed by atoms with Gasteiger partial charge in [0.25, 0.3) is 0 Å². The lowest BCUT2D eigenvalue weighted by Crippen LogP contribution is -2.13. The highest BCUT2D eigenvalue weighted by molar-refractivity contribution is 6.29. The normalized spacial score (nSPS) is 11.8. The van der Waals surface area contributed by atoms with Gasteiger partial charge in [-0.3, -0.25) is 0 Å². The van der Waals surface area contributed by atoms with Crippen molar-refractivity contribution < 1.29 is 0 Å². The smallest absolute Gasteiger partial charge is 0.129 e. The van der Waals surface area contributed by atoms with Crippen LogP contribution in [0.1, 0.15) is 32.0 Å². The monoisotopic (exact) mass is 183 g/mol. The Morgan fingerprint density at radius 3 is 2.25 bits per heavy atom. The zero-order valence-corrected chi connectivity index (χ0v) is 8.74. The van der Waals surface area contributed by atoms with Crippen molar-refractivity contribution in [1.82, 2.24) is 4.98 Å². The molecule has 0 spiro atoms. The first kappa shape index (κ1) is 9.53. The lowest BCUT2D eigenvalue weighted by atomic mass is 9.86. The standard InChI is InChI=1S/C10H14ClN/c1-7-8(10(2,3)4)5-6-9(11)12-7/h5-6H,1-4H3. The topological polar surface area (TPSA) is 12.9 Å². The molecule has 0 N–H and O–H groups in total. The van der Waals surface area contributed by atoms with Crippen LogP contribution in [0.4, 0.5) is 0 Å². The minimum Gasteiger partial charge on any atom is -0.241 e. The van der Waals surface area contributed by atoms with Gasteiger partial charge in [-0.25, -0.2) is 4.98 Å². The van der Waals surface area contributed by atoms with Gasteiger partial charge >= 0.3 is 0 Å². The van der Waals surface area contributed by atoms with Gasteiger partial charge in [0.2, 0.25) is 0 Å². The quantitative estimate of drug-likeness (QED) is 0.563. The maximum atomic E-state index is 5.76. The third kappa shape index (κ3) is 1.98. The average molecular weight is 184 g/mol. The maximum Gasteiger partial charge on any atom is 0.129 e. The first-order valence-corrected chi connectivity index (χ1v) is 4.42. The molecule has 0 aliphatic carbocycles. The number of hydrogen-bond donors (Lipinski definition) is 0. The number of aryl methyl sites for hydroxylation is 1. The Kier molecular flexibility index (Phi) is 2.43. The summed E-state index contributed by atoms with van der Waals surface area (Å²) in [5, 5.41) is 0.570. The molecule has 0 aliphatic rings. The van der Waals surface area contributed by atoms with Crippen molar-refractivity contribution in [2.75, 3.05) is 0 Å². The van der Waals surface area contributed by atoms with E-state index in [1.54, 1.807) is 0 Å². The molecule has 0 unspecified atom stereocenters. The number of nitrogens with zero attached hydrogens (tertiary/aromatic N) is 1. The van der Waals surface area contributed by atoms with Crippen LogP contribution in [-0.4, -0.2) is 4.98 Å². The SMILES string of the molecule is Cc1nc(Cl)ccc1C(C)(C)C. The molecule has 12 heavy (non-hydrogen) atoms. The fourth-order valence-electron chi connectivity index (χ4n) is 1.32. The lowest BCUT2D eigenvalue weighted by Gasteiger charge is -2.20. The maximum absolute atomic E-state index is 5.76. The Hall–Kier alpha value is -0.560. The zero-order chi connectivity index (χ0) is 9.35. The molecule has 0 atom stereocenters. The summed E-state index contributed by atoms with van der Waals surface area (Å²) >= 11 is 5.76. The van der Waals surface area contributed by atoms with Crippen LogP contribution in [0.15, 0.2) is 12.1 Å². The molecule has 1 nitrogen and oxygen atoms in total. The summed E-state index contributed by atoms with van der Waals surface area (Å²) in [6.07, 6.45) is 0. The lowest BCUT2D eigenvalue weighted by molar-refractivity contribution is 0.582. The second kappa shape index (κ2) is 3.06. The first-order chi connectivity index (χ1) is 5.41. The van der Waals surface area contributed by atoms with E-state index in [1.807, 2.05) is 19.1 Å². The molecule has 0 saturated carbocycles. The molecule has 0 amide bonds. The van der Waals surface area contributed by atoms with E-state index < -0.39 is 0 Å². The molecule has 2 heteroatoms. The van der Waals surface area contributed by atoms with Crippen molar-refractivity contribution in [2.45, 2.75) is 33.1 Å². The largest absolute Gasteiger partial charge is 0.241 e. The van der Waals surface area contributed by atoms with Gasteiger partial charge in [-0.1, -0.05) is 38.4 Å². The summed E-state index contributed by atoms with van der Waals surface area (Å²) in [4.78, 5) is 4.21. The molecule has 0 radical (unpaired) electrons. The molecule has 0 aliphatic heterocycles. The molecular formula is C10H14ClN. The minimum atomic E-state index is 0.154. The molecule has 0 fully saturated rings. The van der Waals surface area contributed by atoms with Crippen LogP contribution in [0.5, 0.6) is 0 Å². The van der Waals surface area contributed by atoms with Crippen molar-refractivity contribution in [3.05, 3.63) is 28.5 Å².